The SMILES string of the molecule is O=C1/C=C/C(=O)ON2CC(CC3=Cc4c(F)cccc4CC3)N=C2O1. The van der Waals surface area contributed by atoms with Crippen LogP contribution in [0.2, 0.25) is 0 Å². The van der Waals surface area contributed by atoms with Crippen LogP contribution in [0, 0.1) is 5.82 Å². The average molecular weight is 342 g/mol. The van der Waals surface area contributed by atoms with Crippen molar-refractivity contribution in [3.8, 4) is 0 Å². The van der Waals surface area contributed by atoms with Gasteiger partial charge in [-0.05, 0) is 30.9 Å². The van der Waals surface area contributed by atoms with Crippen molar-refractivity contribution in [2.75, 3.05) is 6.54 Å². The number of carbonyl (C=O) groups excluding carboxylic acids is 2. The maximum absolute atomic E-state index is 14.0. The van der Waals surface area contributed by atoms with E-state index in [9.17, 15) is 14.0 Å². The summed E-state index contributed by atoms with van der Waals surface area (Å²) in [5.41, 5.74) is 2.70. The molecule has 0 bridgehead atoms. The number of esters is 1. The van der Waals surface area contributed by atoms with Crippen LogP contribution in [0.4, 0.5) is 4.39 Å². The lowest BCUT2D eigenvalue weighted by atomic mass is 9.89. The van der Waals surface area contributed by atoms with Crippen LogP contribution >= 0.6 is 0 Å². The van der Waals surface area contributed by atoms with Crippen molar-refractivity contribution in [3.05, 3.63) is 52.9 Å². The molecule has 1 unspecified atom stereocenters. The summed E-state index contributed by atoms with van der Waals surface area (Å²) in [5.74, 6) is -1.56. The Kier molecular flexibility index (Phi) is 3.83. The monoisotopic (exact) mass is 342 g/mol. The van der Waals surface area contributed by atoms with E-state index >= 15 is 0 Å². The third kappa shape index (κ3) is 3.17. The molecule has 0 radical (unpaired) electrons. The van der Waals surface area contributed by atoms with Crippen LogP contribution in [0.15, 0.2) is 40.9 Å². The van der Waals surface area contributed by atoms with Crippen LogP contribution in [-0.4, -0.2) is 35.6 Å². The highest BCUT2D eigenvalue weighted by molar-refractivity contribution is 5.99. The second kappa shape index (κ2) is 6.16. The smallest absolute Gasteiger partial charge is 0.356 e. The fourth-order valence-electron chi connectivity index (χ4n) is 3.19. The number of nitrogens with zero attached hydrogens (tertiary/aromatic N) is 2. The fourth-order valence-corrected chi connectivity index (χ4v) is 3.19. The van der Waals surface area contributed by atoms with E-state index in [1.807, 2.05) is 12.1 Å². The molecule has 1 atom stereocenters. The number of ether oxygens (including phenoxy) is 1. The second-order valence-electron chi connectivity index (χ2n) is 6.11. The molecule has 0 amide bonds. The summed E-state index contributed by atoms with van der Waals surface area (Å²) in [7, 11) is 0. The molecule has 128 valence electrons. The van der Waals surface area contributed by atoms with Gasteiger partial charge in [0.2, 0.25) is 0 Å². The van der Waals surface area contributed by atoms with Crippen LogP contribution in [-0.2, 0) is 25.6 Å². The summed E-state index contributed by atoms with van der Waals surface area (Å²) >= 11 is 0. The zero-order valence-electron chi connectivity index (χ0n) is 13.3. The quantitative estimate of drug-likeness (QED) is 0.771. The van der Waals surface area contributed by atoms with E-state index in [1.54, 1.807) is 6.07 Å². The van der Waals surface area contributed by atoms with Gasteiger partial charge in [0.1, 0.15) is 5.82 Å². The second-order valence-corrected chi connectivity index (χ2v) is 6.11. The van der Waals surface area contributed by atoms with Crippen molar-refractivity contribution in [3.63, 3.8) is 0 Å². The largest absolute Gasteiger partial charge is 0.387 e. The molecule has 2 aliphatic heterocycles. The molecule has 25 heavy (non-hydrogen) atoms. The summed E-state index contributed by atoms with van der Waals surface area (Å²) < 4.78 is 19.0. The Morgan fingerprint density at radius 3 is 2.92 bits per heavy atom. The molecular formula is C18H15FN2O4. The molecule has 1 aromatic rings. The minimum atomic E-state index is -0.672. The number of hydrogen-bond donors (Lipinski definition) is 0. The van der Waals surface area contributed by atoms with E-state index < -0.39 is 11.9 Å². The van der Waals surface area contributed by atoms with Crippen molar-refractivity contribution in [1.29, 1.82) is 0 Å². The van der Waals surface area contributed by atoms with Crippen molar-refractivity contribution >= 4 is 24.0 Å². The molecule has 0 saturated carbocycles. The molecule has 0 spiro atoms. The predicted octanol–water partition coefficient (Wildman–Crippen LogP) is 2.16. The number of carbonyl (C=O) groups is 2. The summed E-state index contributed by atoms with van der Waals surface area (Å²) in [6.45, 7) is 0.295. The molecule has 6 nitrogen and oxygen atoms in total. The van der Waals surface area contributed by atoms with Gasteiger partial charge in [0.25, 0.3) is 0 Å². The zero-order valence-corrected chi connectivity index (χ0v) is 13.3. The van der Waals surface area contributed by atoms with Gasteiger partial charge in [-0.2, -0.15) is 5.06 Å². The van der Waals surface area contributed by atoms with Gasteiger partial charge in [0.05, 0.1) is 12.6 Å². The maximum Gasteiger partial charge on any atom is 0.356 e. The van der Waals surface area contributed by atoms with E-state index in [1.165, 1.54) is 11.1 Å². The molecule has 7 heteroatoms. The van der Waals surface area contributed by atoms with Crippen LogP contribution < -0.4 is 0 Å². The van der Waals surface area contributed by atoms with Gasteiger partial charge < -0.3 is 9.57 Å². The normalized spacial score (nSPS) is 23.4. The van der Waals surface area contributed by atoms with Gasteiger partial charge in [0, 0.05) is 17.7 Å². The molecule has 1 aromatic carbocycles. The van der Waals surface area contributed by atoms with Crippen LogP contribution in [0.1, 0.15) is 24.0 Å². The Morgan fingerprint density at radius 1 is 1.20 bits per heavy atom. The number of halogens is 1. The van der Waals surface area contributed by atoms with Crippen molar-refractivity contribution in [1.82, 2.24) is 5.06 Å². The van der Waals surface area contributed by atoms with Crippen LogP contribution in [0.3, 0.4) is 0 Å². The summed E-state index contributed by atoms with van der Waals surface area (Å²) in [6.07, 6.45) is 6.05. The topological polar surface area (TPSA) is 68.2 Å². The molecule has 0 fully saturated rings. The Labute approximate surface area is 143 Å². The van der Waals surface area contributed by atoms with Crippen LogP contribution in [0.5, 0.6) is 0 Å². The number of amidine groups is 1. The van der Waals surface area contributed by atoms with E-state index in [0.717, 1.165) is 36.1 Å². The molecule has 0 aromatic heterocycles. The van der Waals surface area contributed by atoms with Gasteiger partial charge in [-0.15, -0.1) is 0 Å². The Bertz CT molecular complexity index is 843. The van der Waals surface area contributed by atoms with E-state index in [0.29, 0.717) is 18.5 Å². The lowest BCUT2D eigenvalue weighted by molar-refractivity contribution is -0.171. The molecule has 2 heterocycles. The lowest BCUT2D eigenvalue weighted by Crippen LogP contribution is -2.35. The first kappa shape index (κ1) is 15.6. The van der Waals surface area contributed by atoms with E-state index in [-0.39, 0.29) is 17.9 Å². The first-order valence-corrected chi connectivity index (χ1v) is 8.02. The standard InChI is InChI=1S/C18H15FN2O4/c19-15-3-1-2-12-5-4-11(9-14(12)15)8-13-10-21-18(20-13)24-16(22)6-7-17(23)25-21/h1-3,6-7,9,13H,4-5,8,10H2/b7-6+. The summed E-state index contributed by atoms with van der Waals surface area (Å²) in [6, 6.07) is 4.86. The van der Waals surface area contributed by atoms with Gasteiger partial charge in [-0.3, -0.25) is 0 Å². The maximum atomic E-state index is 14.0. The average Bonchev–Trinajstić information content (AvgIpc) is 2.93. The minimum Gasteiger partial charge on any atom is -0.387 e. The van der Waals surface area contributed by atoms with Crippen molar-refractivity contribution < 1.29 is 23.6 Å². The van der Waals surface area contributed by atoms with Crippen molar-refractivity contribution in [2.45, 2.75) is 25.3 Å². The predicted molar refractivity (Wildman–Crippen MR) is 86.6 cm³/mol. The highest BCUT2D eigenvalue weighted by Crippen LogP contribution is 2.30. The number of aryl methyl sites for hydroxylation is 1. The van der Waals surface area contributed by atoms with Crippen LogP contribution in [0.25, 0.3) is 6.08 Å². The molecule has 1 aliphatic carbocycles. The number of benzene rings is 1. The van der Waals surface area contributed by atoms with Gasteiger partial charge in [-0.1, -0.05) is 23.8 Å². The highest BCUT2D eigenvalue weighted by atomic mass is 19.1. The first-order valence-electron chi connectivity index (χ1n) is 8.02. The Balaban J connectivity index is 1.52. The molecule has 4 rings (SSSR count). The molecule has 0 saturated heterocycles. The van der Waals surface area contributed by atoms with Gasteiger partial charge in [-0.25, -0.2) is 19.0 Å². The van der Waals surface area contributed by atoms with Crippen molar-refractivity contribution in [2.24, 2.45) is 4.99 Å². The fraction of sp³-hybridized carbons (Fsp3) is 0.278. The number of rotatable bonds is 2. The number of hydroxylamine groups is 2. The van der Waals surface area contributed by atoms with Gasteiger partial charge >= 0.3 is 18.0 Å². The zero-order chi connectivity index (χ0) is 17.4. The third-order valence-corrected chi connectivity index (χ3v) is 4.34. The summed E-state index contributed by atoms with van der Waals surface area (Å²) in [4.78, 5) is 32.4. The first-order chi connectivity index (χ1) is 12.1. The third-order valence-electron chi connectivity index (χ3n) is 4.34. The van der Waals surface area contributed by atoms with Gasteiger partial charge in [0.15, 0.2) is 0 Å². The number of fused-ring (bicyclic) bond motifs is 2. The molecular weight excluding hydrogens is 327 g/mol. The van der Waals surface area contributed by atoms with E-state index in [4.69, 9.17) is 9.57 Å². The molecule has 0 N–H and O–H groups in total. The number of hydrogen-bond acceptors (Lipinski definition) is 6. The number of aliphatic imine (C=N–C) groups is 1. The molecule has 3 aliphatic rings. The Morgan fingerprint density at radius 2 is 2.04 bits per heavy atom. The minimum absolute atomic E-state index is 0.0179. The van der Waals surface area contributed by atoms with E-state index in [2.05, 4.69) is 4.99 Å². The Hall–Kier alpha value is -2.96. The highest BCUT2D eigenvalue weighted by Gasteiger charge is 2.33. The summed E-state index contributed by atoms with van der Waals surface area (Å²) in [5, 5.41) is 1.19. The lowest BCUT2D eigenvalue weighted by Gasteiger charge is -2.20.